The average Bonchev–Trinajstić information content (AvgIpc) is 2.31. The number of nitrogens with one attached hydrogen (secondary N) is 1. The molecule has 0 bridgehead atoms. The van der Waals surface area contributed by atoms with Gasteiger partial charge in [0.2, 0.25) is 0 Å². The quantitative estimate of drug-likeness (QED) is 0.754. The third kappa shape index (κ3) is 2.96. The number of hydrogen-bond donors (Lipinski definition) is 2. The van der Waals surface area contributed by atoms with E-state index in [2.05, 4.69) is 17.1 Å². The van der Waals surface area contributed by atoms with Gasteiger partial charge in [-0.2, -0.15) is 0 Å². The topological polar surface area (TPSA) is 41.3 Å². The van der Waals surface area contributed by atoms with Crippen LogP contribution in [0.15, 0.2) is 0 Å². The van der Waals surface area contributed by atoms with Crippen molar-refractivity contribution in [2.75, 3.05) is 32.7 Å². The zero-order valence-electron chi connectivity index (χ0n) is 10.6. The summed E-state index contributed by atoms with van der Waals surface area (Å²) in [7, 11) is 0. The highest BCUT2D eigenvalue weighted by Crippen LogP contribution is 2.25. The van der Waals surface area contributed by atoms with Crippen LogP contribution in [-0.2, 0) is 0 Å². The Morgan fingerprint density at radius 1 is 1.25 bits per heavy atom. The maximum absolute atomic E-state index is 5.94. The normalized spacial score (nSPS) is 34.1. The van der Waals surface area contributed by atoms with Gasteiger partial charge in [-0.15, -0.1) is 0 Å². The molecule has 0 radical (unpaired) electrons. The van der Waals surface area contributed by atoms with Gasteiger partial charge in [0.05, 0.1) is 0 Å². The SMILES string of the molecule is CC1CCCN(CC2CCNCC2)C1CN. The minimum atomic E-state index is 0.642. The van der Waals surface area contributed by atoms with E-state index in [1.54, 1.807) is 0 Å². The highest BCUT2D eigenvalue weighted by atomic mass is 15.2. The molecule has 0 spiro atoms. The molecule has 2 unspecified atom stereocenters. The lowest BCUT2D eigenvalue weighted by molar-refractivity contribution is 0.0821. The molecule has 2 rings (SSSR count). The van der Waals surface area contributed by atoms with Gasteiger partial charge in [0.1, 0.15) is 0 Å². The van der Waals surface area contributed by atoms with E-state index in [0.29, 0.717) is 6.04 Å². The molecule has 0 aromatic heterocycles. The molecule has 0 saturated carbocycles. The van der Waals surface area contributed by atoms with Gasteiger partial charge in [0.25, 0.3) is 0 Å². The van der Waals surface area contributed by atoms with Crippen LogP contribution in [0, 0.1) is 11.8 Å². The maximum Gasteiger partial charge on any atom is 0.0244 e. The summed E-state index contributed by atoms with van der Waals surface area (Å²) >= 11 is 0. The Labute approximate surface area is 99.8 Å². The lowest BCUT2D eigenvalue weighted by atomic mass is 9.88. The molecule has 0 aliphatic carbocycles. The van der Waals surface area contributed by atoms with E-state index in [4.69, 9.17) is 5.73 Å². The van der Waals surface area contributed by atoms with Crippen molar-refractivity contribution in [1.29, 1.82) is 0 Å². The minimum Gasteiger partial charge on any atom is -0.329 e. The molecule has 0 aromatic carbocycles. The Morgan fingerprint density at radius 3 is 2.69 bits per heavy atom. The van der Waals surface area contributed by atoms with E-state index in [1.165, 1.54) is 51.9 Å². The number of piperidine rings is 2. The van der Waals surface area contributed by atoms with E-state index >= 15 is 0 Å². The van der Waals surface area contributed by atoms with E-state index in [-0.39, 0.29) is 0 Å². The number of rotatable bonds is 3. The molecule has 3 N–H and O–H groups in total. The molecule has 2 aliphatic heterocycles. The van der Waals surface area contributed by atoms with Crippen molar-refractivity contribution < 1.29 is 0 Å². The molecular weight excluding hydrogens is 198 g/mol. The summed E-state index contributed by atoms with van der Waals surface area (Å²) in [5.41, 5.74) is 5.94. The van der Waals surface area contributed by atoms with Crippen LogP contribution in [0.2, 0.25) is 0 Å². The molecular formula is C13H27N3. The highest BCUT2D eigenvalue weighted by Gasteiger charge is 2.29. The summed E-state index contributed by atoms with van der Waals surface area (Å²) in [6.07, 6.45) is 5.43. The van der Waals surface area contributed by atoms with Crippen LogP contribution in [0.25, 0.3) is 0 Å². The van der Waals surface area contributed by atoms with E-state index < -0.39 is 0 Å². The van der Waals surface area contributed by atoms with Crippen LogP contribution in [0.5, 0.6) is 0 Å². The van der Waals surface area contributed by atoms with Crippen LogP contribution in [-0.4, -0.2) is 43.7 Å². The Balaban J connectivity index is 1.85. The standard InChI is InChI=1S/C13H27N3/c1-11-3-2-8-16(13(11)9-14)10-12-4-6-15-7-5-12/h11-13,15H,2-10,14H2,1H3. The first-order valence-corrected chi connectivity index (χ1v) is 6.96. The summed E-state index contributed by atoms with van der Waals surface area (Å²) in [5.74, 6) is 1.70. The number of likely N-dealkylation sites (tertiary alicyclic amines) is 1. The summed E-state index contributed by atoms with van der Waals surface area (Å²) in [6.45, 7) is 8.19. The van der Waals surface area contributed by atoms with Crippen molar-refractivity contribution in [3.63, 3.8) is 0 Å². The van der Waals surface area contributed by atoms with Crippen LogP contribution in [0.4, 0.5) is 0 Å². The van der Waals surface area contributed by atoms with Crippen molar-refractivity contribution in [3.8, 4) is 0 Å². The van der Waals surface area contributed by atoms with Crippen molar-refractivity contribution in [2.24, 2.45) is 17.6 Å². The Morgan fingerprint density at radius 2 is 2.00 bits per heavy atom. The third-order valence-electron chi connectivity index (χ3n) is 4.42. The molecule has 94 valence electrons. The second kappa shape index (κ2) is 5.99. The van der Waals surface area contributed by atoms with Crippen LogP contribution in [0.1, 0.15) is 32.6 Å². The molecule has 16 heavy (non-hydrogen) atoms. The highest BCUT2D eigenvalue weighted by molar-refractivity contribution is 4.84. The minimum absolute atomic E-state index is 0.642. The summed E-state index contributed by atoms with van der Waals surface area (Å²) in [5, 5.41) is 3.44. The van der Waals surface area contributed by atoms with Crippen LogP contribution >= 0.6 is 0 Å². The van der Waals surface area contributed by atoms with Gasteiger partial charge in [-0.3, -0.25) is 4.90 Å². The fraction of sp³-hybridized carbons (Fsp3) is 1.00. The first kappa shape index (κ1) is 12.3. The Hall–Kier alpha value is -0.120. The van der Waals surface area contributed by atoms with Crippen LogP contribution < -0.4 is 11.1 Å². The number of hydrogen-bond acceptors (Lipinski definition) is 3. The van der Waals surface area contributed by atoms with Crippen molar-refractivity contribution in [3.05, 3.63) is 0 Å². The summed E-state index contributed by atoms with van der Waals surface area (Å²) in [4.78, 5) is 2.67. The van der Waals surface area contributed by atoms with E-state index in [0.717, 1.165) is 18.4 Å². The van der Waals surface area contributed by atoms with E-state index in [9.17, 15) is 0 Å². The van der Waals surface area contributed by atoms with E-state index in [1.807, 2.05) is 0 Å². The van der Waals surface area contributed by atoms with Gasteiger partial charge in [-0.05, 0) is 57.2 Å². The third-order valence-corrected chi connectivity index (χ3v) is 4.42. The van der Waals surface area contributed by atoms with Crippen molar-refractivity contribution in [1.82, 2.24) is 10.2 Å². The Kier molecular flexibility index (Phi) is 4.62. The molecule has 2 aliphatic rings. The van der Waals surface area contributed by atoms with Gasteiger partial charge >= 0.3 is 0 Å². The lowest BCUT2D eigenvalue weighted by Gasteiger charge is -2.41. The average molecular weight is 225 g/mol. The molecule has 2 heterocycles. The summed E-state index contributed by atoms with van der Waals surface area (Å²) in [6, 6.07) is 0.642. The first-order valence-electron chi connectivity index (χ1n) is 6.96. The predicted molar refractivity (Wildman–Crippen MR) is 68.4 cm³/mol. The molecule has 2 fully saturated rings. The number of nitrogens with zero attached hydrogens (tertiary/aromatic N) is 1. The Bertz CT molecular complexity index is 201. The van der Waals surface area contributed by atoms with Crippen molar-refractivity contribution >= 4 is 0 Å². The monoisotopic (exact) mass is 225 g/mol. The lowest BCUT2D eigenvalue weighted by Crippen LogP contribution is -2.51. The molecule has 3 nitrogen and oxygen atoms in total. The fourth-order valence-corrected chi connectivity index (χ4v) is 3.34. The smallest absolute Gasteiger partial charge is 0.0244 e. The first-order chi connectivity index (χ1) is 7.81. The summed E-state index contributed by atoms with van der Waals surface area (Å²) < 4.78 is 0. The van der Waals surface area contributed by atoms with Gasteiger partial charge in [0.15, 0.2) is 0 Å². The van der Waals surface area contributed by atoms with Gasteiger partial charge in [0, 0.05) is 19.1 Å². The molecule has 0 amide bonds. The molecule has 0 aromatic rings. The van der Waals surface area contributed by atoms with Gasteiger partial charge in [-0.1, -0.05) is 6.92 Å². The van der Waals surface area contributed by atoms with Gasteiger partial charge < -0.3 is 11.1 Å². The second-order valence-electron chi connectivity index (χ2n) is 5.61. The second-order valence-corrected chi connectivity index (χ2v) is 5.61. The molecule has 3 heteroatoms. The molecule has 2 atom stereocenters. The fourth-order valence-electron chi connectivity index (χ4n) is 3.34. The predicted octanol–water partition coefficient (Wildman–Crippen LogP) is 1.05. The van der Waals surface area contributed by atoms with Crippen LogP contribution in [0.3, 0.4) is 0 Å². The van der Waals surface area contributed by atoms with Gasteiger partial charge in [-0.25, -0.2) is 0 Å². The largest absolute Gasteiger partial charge is 0.329 e. The zero-order valence-corrected chi connectivity index (χ0v) is 10.6. The molecule has 2 saturated heterocycles. The maximum atomic E-state index is 5.94. The zero-order chi connectivity index (χ0) is 11.4. The van der Waals surface area contributed by atoms with Crippen molar-refractivity contribution in [2.45, 2.75) is 38.6 Å². The number of nitrogens with two attached hydrogens (primary N) is 1.